The summed E-state index contributed by atoms with van der Waals surface area (Å²) in [5.74, 6) is 0. The third-order valence-electron chi connectivity index (χ3n) is 3.57. The number of H-pyrrole nitrogens is 2. The van der Waals surface area contributed by atoms with E-state index in [-0.39, 0.29) is 22.4 Å². The summed E-state index contributed by atoms with van der Waals surface area (Å²) >= 11 is 0. The van der Waals surface area contributed by atoms with Gasteiger partial charge in [0.05, 0.1) is 28.6 Å². The first-order valence-corrected chi connectivity index (χ1v) is 6.59. The third-order valence-corrected chi connectivity index (χ3v) is 3.57. The molecule has 0 saturated carbocycles. The molecule has 2 N–H and O–H groups in total. The van der Waals surface area contributed by atoms with Crippen molar-refractivity contribution < 1.29 is 13.2 Å². The molecule has 0 unspecified atom stereocenters. The van der Waals surface area contributed by atoms with Crippen LogP contribution in [0.25, 0.3) is 22.4 Å². The van der Waals surface area contributed by atoms with Crippen LogP contribution in [-0.4, -0.2) is 29.1 Å². The van der Waals surface area contributed by atoms with E-state index in [9.17, 15) is 22.8 Å². The monoisotopic (exact) mass is 336 g/mol. The predicted octanol–water partition coefficient (Wildman–Crippen LogP) is 1.07. The first-order chi connectivity index (χ1) is 11.4. The highest BCUT2D eigenvalue weighted by Gasteiger charge is 2.35. The van der Waals surface area contributed by atoms with Gasteiger partial charge in [0.15, 0.2) is 0 Å². The second kappa shape index (κ2) is 4.57. The molecule has 0 aliphatic carbocycles. The van der Waals surface area contributed by atoms with E-state index in [4.69, 9.17) is 0 Å². The Morgan fingerprint density at radius 3 is 2.62 bits per heavy atom. The zero-order valence-corrected chi connectivity index (χ0v) is 11.6. The molecule has 0 radical (unpaired) electrons. The van der Waals surface area contributed by atoms with Crippen LogP contribution in [0.4, 0.5) is 13.2 Å². The summed E-state index contributed by atoms with van der Waals surface area (Å²) in [6, 6.07) is 1.94. The summed E-state index contributed by atoms with van der Waals surface area (Å²) in [5, 5.41) is 5.57. The minimum absolute atomic E-state index is 0.0627. The number of halogens is 3. The fourth-order valence-electron chi connectivity index (χ4n) is 2.56. The summed E-state index contributed by atoms with van der Waals surface area (Å²) < 4.78 is 42.3. The smallest absolute Gasteiger partial charge is 0.317 e. The van der Waals surface area contributed by atoms with Crippen LogP contribution < -0.4 is 11.2 Å². The average molecular weight is 336 g/mol. The molecule has 0 spiro atoms. The molecule has 4 aromatic rings. The highest BCUT2D eigenvalue weighted by Crippen LogP contribution is 2.35. The number of hydrogen-bond acceptors (Lipinski definition) is 4. The van der Waals surface area contributed by atoms with Crippen LogP contribution in [0.2, 0.25) is 0 Å². The lowest BCUT2D eigenvalue weighted by Gasteiger charge is -2.15. The summed E-state index contributed by atoms with van der Waals surface area (Å²) in [5.41, 5.74) is -3.06. The minimum Gasteiger partial charge on any atom is -0.317 e. The van der Waals surface area contributed by atoms with Crippen molar-refractivity contribution in [3.63, 3.8) is 0 Å². The van der Waals surface area contributed by atoms with Gasteiger partial charge in [-0.05, 0) is 12.1 Å². The van der Waals surface area contributed by atoms with Crippen molar-refractivity contribution in [2.45, 2.75) is 6.18 Å². The Kier molecular flexibility index (Phi) is 2.71. The number of imidazole rings is 1. The second-order valence-corrected chi connectivity index (χ2v) is 5.00. The lowest BCUT2D eigenvalue weighted by Crippen LogP contribution is -2.19. The fraction of sp³-hybridized carbons (Fsp3) is 0.0769. The Morgan fingerprint density at radius 2 is 1.96 bits per heavy atom. The van der Waals surface area contributed by atoms with Gasteiger partial charge in [0.1, 0.15) is 0 Å². The van der Waals surface area contributed by atoms with Crippen molar-refractivity contribution in [3.8, 4) is 5.69 Å². The molecule has 3 heterocycles. The summed E-state index contributed by atoms with van der Waals surface area (Å²) in [7, 11) is 0. The zero-order valence-electron chi connectivity index (χ0n) is 11.6. The van der Waals surface area contributed by atoms with Crippen LogP contribution in [0, 0.1) is 0 Å². The van der Waals surface area contributed by atoms with Gasteiger partial charge in [0.25, 0.3) is 5.56 Å². The highest BCUT2D eigenvalue weighted by molar-refractivity contribution is 5.81. The van der Waals surface area contributed by atoms with Gasteiger partial charge in [-0.15, -0.1) is 5.10 Å². The lowest BCUT2D eigenvalue weighted by atomic mass is 10.1. The average Bonchev–Trinajstić information content (AvgIpc) is 3.15. The van der Waals surface area contributed by atoms with E-state index in [1.807, 2.05) is 0 Å². The molecule has 11 heteroatoms. The maximum absolute atomic E-state index is 13.5. The molecule has 3 aromatic heterocycles. The van der Waals surface area contributed by atoms with E-state index in [0.29, 0.717) is 0 Å². The zero-order chi connectivity index (χ0) is 17.1. The molecule has 0 fully saturated rings. The number of nitrogens with one attached hydrogen (secondary N) is 2. The molecule has 1 aromatic carbocycles. The number of rotatable bonds is 1. The molecule has 8 nitrogen and oxygen atoms in total. The first-order valence-electron chi connectivity index (χ1n) is 6.59. The van der Waals surface area contributed by atoms with Gasteiger partial charge < -0.3 is 9.55 Å². The van der Waals surface area contributed by atoms with Gasteiger partial charge >= 0.3 is 11.9 Å². The Labute approximate surface area is 129 Å². The molecular formula is C13H7F3N6O2. The van der Waals surface area contributed by atoms with Crippen LogP contribution in [0.3, 0.4) is 0 Å². The maximum Gasteiger partial charge on any atom is 0.418 e. The van der Waals surface area contributed by atoms with Crippen molar-refractivity contribution in [2.75, 3.05) is 0 Å². The van der Waals surface area contributed by atoms with Crippen molar-refractivity contribution in [1.29, 1.82) is 0 Å². The predicted molar refractivity (Wildman–Crippen MR) is 76.1 cm³/mol. The van der Waals surface area contributed by atoms with Crippen LogP contribution in [0.15, 0.2) is 40.4 Å². The maximum atomic E-state index is 13.5. The number of fused-ring (bicyclic) bond motifs is 3. The molecule has 4 rings (SSSR count). The fourth-order valence-corrected chi connectivity index (χ4v) is 2.56. The molecule has 0 saturated heterocycles. The van der Waals surface area contributed by atoms with Crippen molar-refractivity contribution >= 4 is 16.7 Å². The first kappa shape index (κ1) is 14.2. The van der Waals surface area contributed by atoms with Crippen molar-refractivity contribution in [3.05, 3.63) is 57.3 Å². The highest BCUT2D eigenvalue weighted by atomic mass is 19.4. The van der Waals surface area contributed by atoms with Gasteiger partial charge in [0.2, 0.25) is 5.65 Å². The Hall–Kier alpha value is -3.37. The van der Waals surface area contributed by atoms with Gasteiger partial charge in [-0.2, -0.15) is 13.2 Å². The number of hydrogen-bond donors (Lipinski definition) is 2. The SMILES string of the molecule is O=c1[nH]c2cc(-n3ccnc3)c(C(F)(F)F)cc2n2c(=O)[nH]nc12. The van der Waals surface area contributed by atoms with Crippen LogP contribution in [-0.2, 0) is 6.18 Å². The Balaban J connectivity index is 2.22. The summed E-state index contributed by atoms with van der Waals surface area (Å²) in [4.78, 5) is 29.9. The summed E-state index contributed by atoms with van der Waals surface area (Å²) in [6.45, 7) is 0. The number of nitrogens with zero attached hydrogens (tertiary/aromatic N) is 4. The van der Waals surface area contributed by atoms with Gasteiger partial charge in [-0.3, -0.25) is 4.79 Å². The van der Waals surface area contributed by atoms with Crippen LogP contribution in [0.5, 0.6) is 0 Å². The van der Waals surface area contributed by atoms with E-state index in [2.05, 4.69) is 20.2 Å². The van der Waals surface area contributed by atoms with Crippen molar-refractivity contribution in [2.24, 2.45) is 0 Å². The van der Waals surface area contributed by atoms with E-state index in [1.165, 1.54) is 23.3 Å². The molecular weight excluding hydrogens is 329 g/mol. The van der Waals surface area contributed by atoms with Gasteiger partial charge in [-0.25, -0.2) is 19.3 Å². The van der Waals surface area contributed by atoms with E-state index in [1.54, 1.807) is 0 Å². The van der Waals surface area contributed by atoms with Gasteiger partial charge in [-0.1, -0.05) is 0 Å². The van der Waals surface area contributed by atoms with Gasteiger partial charge in [0, 0.05) is 12.4 Å². The topological polar surface area (TPSA) is 101 Å². The lowest BCUT2D eigenvalue weighted by molar-refractivity contribution is -0.137. The molecule has 0 aliphatic rings. The molecule has 0 aliphatic heterocycles. The number of alkyl halides is 3. The Morgan fingerprint density at radius 1 is 1.17 bits per heavy atom. The minimum atomic E-state index is -4.68. The molecule has 122 valence electrons. The second-order valence-electron chi connectivity index (χ2n) is 5.00. The van der Waals surface area contributed by atoms with E-state index in [0.717, 1.165) is 16.5 Å². The normalized spacial score (nSPS) is 12.3. The number of aromatic nitrogens is 6. The molecule has 0 atom stereocenters. The quantitative estimate of drug-likeness (QED) is 0.543. The molecule has 24 heavy (non-hydrogen) atoms. The summed E-state index contributed by atoms with van der Waals surface area (Å²) in [6.07, 6.45) is -0.797. The van der Waals surface area contributed by atoms with Crippen LogP contribution >= 0.6 is 0 Å². The molecule has 0 bridgehead atoms. The van der Waals surface area contributed by atoms with Crippen LogP contribution in [0.1, 0.15) is 5.56 Å². The number of benzene rings is 1. The van der Waals surface area contributed by atoms with E-state index >= 15 is 0 Å². The standard InChI is InChI=1S/C13H7F3N6O2/c14-13(15,16)6-3-9-7(4-8(6)21-2-1-17-5-21)18-11(23)10-19-20-12(24)22(9)10/h1-5H,(H,18,23)(H,20,24). The largest absolute Gasteiger partial charge is 0.418 e. The van der Waals surface area contributed by atoms with Crippen molar-refractivity contribution in [1.82, 2.24) is 29.1 Å². The Bertz CT molecular complexity index is 1180. The van der Waals surface area contributed by atoms with E-state index < -0.39 is 23.0 Å². The number of aromatic amines is 2. The molecule has 0 amide bonds. The third kappa shape index (κ3) is 1.94.